The molecule has 0 saturated carbocycles. The molecule has 0 aliphatic rings. The van der Waals surface area contributed by atoms with Crippen molar-refractivity contribution in [3.8, 4) is 11.5 Å². The lowest BCUT2D eigenvalue weighted by molar-refractivity contribution is -0.384. The van der Waals surface area contributed by atoms with Crippen LogP contribution in [0.1, 0.15) is 11.1 Å². The number of sulfonamides is 1. The molecule has 9 nitrogen and oxygen atoms in total. The molecule has 0 atom stereocenters. The molecule has 0 aromatic heterocycles. The predicted octanol–water partition coefficient (Wildman–Crippen LogP) is 4.77. The monoisotopic (exact) mass is 457 g/mol. The third-order valence-corrected chi connectivity index (χ3v) is 6.13. The maximum Gasteiger partial charge on any atom is 0.294 e. The number of nitrogens with zero attached hydrogens (tertiary/aromatic N) is 1. The van der Waals surface area contributed by atoms with Crippen LogP contribution in [0.3, 0.4) is 0 Å². The minimum absolute atomic E-state index is 0.132. The summed E-state index contributed by atoms with van der Waals surface area (Å²) >= 11 is 0. The summed E-state index contributed by atoms with van der Waals surface area (Å²) in [6, 6.07) is 13.9. The van der Waals surface area contributed by atoms with E-state index in [1.54, 1.807) is 37.3 Å². The normalized spacial score (nSPS) is 11.0. The van der Waals surface area contributed by atoms with Crippen LogP contribution in [-0.4, -0.2) is 27.6 Å². The number of nitrogens with one attached hydrogen (secondary N) is 2. The largest absolute Gasteiger partial charge is 0.493 e. The Bertz CT molecular complexity index is 1270. The number of nitro groups is 1. The SMILES string of the molecule is COc1ccc(Nc2ccc(S(=O)(=O)Nc3ccc(C)cc3C)cc2[N+](=O)[O-])cc1OC. The van der Waals surface area contributed by atoms with Crippen molar-refractivity contribution in [3.05, 3.63) is 75.8 Å². The smallest absolute Gasteiger partial charge is 0.294 e. The Labute approximate surface area is 186 Å². The molecule has 0 aliphatic carbocycles. The van der Waals surface area contributed by atoms with E-state index in [9.17, 15) is 18.5 Å². The second-order valence-corrected chi connectivity index (χ2v) is 8.74. The van der Waals surface area contributed by atoms with E-state index in [4.69, 9.17) is 9.47 Å². The zero-order valence-corrected chi connectivity index (χ0v) is 18.8. The summed E-state index contributed by atoms with van der Waals surface area (Å²) in [7, 11) is -1.05. The highest BCUT2D eigenvalue weighted by Crippen LogP contribution is 2.35. The van der Waals surface area contributed by atoms with Gasteiger partial charge in [-0.1, -0.05) is 17.7 Å². The Kier molecular flexibility index (Phi) is 6.54. The first-order valence-corrected chi connectivity index (χ1v) is 11.0. The molecule has 0 saturated heterocycles. The topological polar surface area (TPSA) is 120 Å². The lowest BCUT2D eigenvalue weighted by Gasteiger charge is -2.13. The molecule has 10 heteroatoms. The lowest BCUT2D eigenvalue weighted by Crippen LogP contribution is -2.14. The van der Waals surface area contributed by atoms with Crippen molar-refractivity contribution >= 4 is 32.8 Å². The van der Waals surface area contributed by atoms with Crippen LogP contribution < -0.4 is 19.5 Å². The second-order valence-electron chi connectivity index (χ2n) is 7.05. The Morgan fingerprint density at radius 3 is 2.19 bits per heavy atom. The fourth-order valence-corrected chi connectivity index (χ4v) is 4.29. The quantitative estimate of drug-likeness (QED) is 0.369. The van der Waals surface area contributed by atoms with E-state index in [0.717, 1.165) is 17.2 Å². The minimum atomic E-state index is -4.03. The molecular weight excluding hydrogens is 434 g/mol. The Balaban J connectivity index is 1.94. The molecule has 3 rings (SSSR count). The molecule has 0 radical (unpaired) electrons. The molecule has 2 N–H and O–H groups in total. The lowest BCUT2D eigenvalue weighted by atomic mass is 10.1. The summed E-state index contributed by atoms with van der Waals surface area (Å²) in [4.78, 5) is 10.8. The molecule has 0 fully saturated rings. The number of ether oxygens (including phenoxy) is 2. The summed E-state index contributed by atoms with van der Waals surface area (Å²) < 4.78 is 38.6. The molecular formula is C22H23N3O6S. The molecule has 0 aliphatic heterocycles. The zero-order chi connectivity index (χ0) is 23.5. The van der Waals surface area contributed by atoms with E-state index in [0.29, 0.717) is 22.9 Å². The van der Waals surface area contributed by atoms with Crippen LogP contribution in [0.5, 0.6) is 11.5 Å². The van der Waals surface area contributed by atoms with E-state index in [1.807, 2.05) is 13.0 Å². The van der Waals surface area contributed by atoms with Crippen LogP contribution in [0.25, 0.3) is 0 Å². The first-order valence-electron chi connectivity index (χ1n) is 9.52. The van der Waals surface area contributed by atoms with E-state index in [2.05, 4.69) is 10.0 Å². The summed E-state index contributed by atoms with van der Waals surface area (Å²) in [5, 5.41) is 14.6. The van der Waals surface area contributed by atoms with E-state index in [-0.39, 0.29) is 16.3 Å². The average Bonchev–Trinajstić information content (AvgIpc) is 2.75. The van der Waals surface area contributed by atoms with Crippen molar-refractivity contribution in [2.24, 2.45) is 0 Å². The van der Waals surface area contributed by atoms with Crippen LogP contribution in [0.15, 0.2) is 59.5 Å². The molecule has 0 unspecified atom stereocenters. The standard InChI is InChI=1S/C22H23N3O6S/c1-14-5-8-18(15(2)11-14)24-32(28,29)17-7-9-19(20(13-17)25(26)27)23-16-6-10-21(30-3)22(12-16)31-4/h5-13,23-24H,1-4H3. The molecule has 0 spiro atoms. The highest BCUT2D eigenvalue weighted by molar-refractivity contribution is 7.92. The van der Waals surface area contributed by atoms with Gasteiger partial charge >= 0.3 is 0 Å². The van der Waals surface area contributed by atoms with Gasteiger partial charge in [-0.15, -0.1) is 0 Å². The fraction of sp³-hybridized carbons (Fsp3) is 0.182. The Hall–Kier alpha value is -3.79. The van der Waals surface area contributed by atoms with Gasteiger partial charge in [0.1, 0.15) is 5.69 Å². The maximum absolute atomic E-state index is 12.9. The van der Waals surface area contributed by atoms with Crippen LogP contribution >= 0.6 is 0 Å². The van der Waals surface area contributed by atoms with Gasteiger partial charge in [-0.05, 0) is 49.7 Å². The van der Waals surface area contributed by atoms with Gasteiger partial charge in [0.15, 0.2) is 11.5 Å². The van der Waals surface area contributed by atoms with Gasteiger partial charge < -0.3 is 14.8 Å². The molecule has 3 aromatic carbocycles. The fourth-order valence-electron chi connectivity index (χ4n) is 3.14. The highest BCUT2D eigenvalue weighted by Gasteiger charge is 2.22. The van der Waals surface area contributed by atoms with Gasteiger partial charge in [-0.25, -0.2) is 8.42 Å². The number of hydrogen-bond donors (Lipinski definition) is 2. The van der Waals surface area contributed by atoms with Gasteiger partial charge in [-0.3, -0.25) is 14.8 Å². The molecule has 3 aromatic rings. The Morgan fingerprint density at radius 1 is 0.875 bits per heavy atom. The second kappa shape index (κ2) is 9.15. The van der Waals surface area contributed by atoms with Crippen molar-refractivity contribution in [1.29, 1.82) is 0 Å². The summed E-state index contributed by atoms with van der Waals surface area (Å²) in [6.45, 7) is 3.68. The van der Waals surface area contributed by atoms with E-state index < -0.39 is 14.9 Å². The van der Waals surface area contributed by atoms with Crippen LogP contribution in [0, 0.1) is 24.0 Å². The van der Waals surface area contributed by atoms with Crippen molar-refractivity contribution in [2.45, 2.75) is 18.7 Å². The van der Waals surface area contributed by atoms with Gasteiger partial charge in [-0.2, -0.15) is 0 Å². The summed E-state index contributed by atoms with van der Waals surface area (Å²) in [5.41, 5.74) is 2.40. The summed E-state index contributed by atoms with van der Waals surface area (Å²) in [6.07, 6.45) is 0. The molecule has 0 bridgehead atoms. The van der Waals surface area contributed by atoms with Gasteiger partial charge in [0.2, 0.25) is 0 Å². The highest BCUT2D eigenvalue weighted by atomic mass is 32.2. The van der Waals surface area contributed by atoms with E-state index >= 15 is 0 Å². The van der Waals surface area contributed by atoms with Crippen LogP contribution in [0.4, 0.5) is 22.7 Å². The third kappa shape index (κ3) is 4.92. The number of benzene rings is 3. The number of methoxy groups -OCH3 is 2. The summed E-state index contributed by atoms with van der Waals surface area (Å²) in [5.74, 6) is 0.948. The number of anilines is 3. The number of rotatable bonds is 8. The van der Waals surface area contributed by atoms with Crippen molar-refractivity contribution in [3.63, 3.8) is 0 Å². The van der Waals surface area contributed by atoms with Crippen molar-refractivity contribution in [1.82, 2.24) is 0 Å². The molecule has 0 amide bonds. The zero-order valence-electron chi connectivity index (χ0n) is 18.0. The number of hydrogen-bond acceptors (Lipinski definition) is 7. The average molecular weight is 458 g/mol. The number of aryl methyl sites for hydroxylation is 2. The first kappa shape index (κ1) is 22.9. The van der Waals surface area contributed by atoms with Gasteiger partial charge in [0, 0.05) is 17.8 Å². The first-order chi connectivity index (χ1) is 15.1. The van der Waals surface area contributed by atoms with Crippen molar-refractivity contribution in [2.75, 3.05) is 24.3 Å². The molecule has 0 heterocycles. The minimum Gasteiger partial charge on any atom is -0.493 e. The van der Waals surface area contributed by atoms with Gasteiger partial charge in [0.05, 0.1) is 29.7 Å². The van der Waals surface area contributed by atoms with E-state index in [1.165, 1.54) is 26.4 Å². The van der Waals surface area contributed by atoms with Gasteiger partial charge in [0.25, 0.3) is 15.7 Å². The number of nitro benzene ring substituents is 1. The van der Waals surface area contributed by atoms with Crippen molar-refractivity contribution < 1.29 is 22.8 Å². The third-order valence-electron chi connectivity index (χ3n) is 4.76. The molecule has 168 valence electrons. The van der Waals surface area contributed by atoms with Crippen LogP contribution in [0.2, 0.25) is 0 Å². The van der Waals surface area contributed by atoms with Crippen LogP contribution in [-0.2, 0) is 10.0 Å². The maximum atomic E-state index is 12.9. The molecule has 32 heavy (non-hydrogen) atoms. The Morgan fingerprint density at radius 2 is 1.56 bits per heavy atom. The predicted molar refractivity (Wildman–Crippen MR) is 123 cm³/mol.